The van der Waals surface area contributed by atoms with E-state index in [1.165, 1.54) is 5.39 Å². The van der Waals surface area contributed by atoms with E-state index in [4.69, 9.17) is 14.6 Å². The van der Waals surface area contributed by atoms with Crippen LogP contribution in [0, 0.1) is 0 Å². The minimum absolute atomic E-state index is 0.790. The number of hydrogen-bond donors (Lipinski definition) is 0. The maximum absolute atomic E-state index is 6.37. The van der Waals surface area contributed by atoms with Crippen LogP contribution in [0.1, 0.15) is 0 Å². The molecule has 0 aliphatic carbocycles. The van der Waals surface area contributed by atoms with Crippen LogP contribution in [0.15, 0.2) is 217 Å². The quantitative estimate of drug-likeness (QED) is 0.168. The van der Waals surface area contributed by atoms with Gasteiger partial charge in [0, 0.05) is 54.7 Å². The molecule has 62 heavy (non-hydrogen) atoms. The largest absolute Gasteiger partial charge is 0.456 e. The highest BCUT2D eigenvalue weighted by atomic mass is 16.3. The Kier molecular flexibility index (Phi) is 7.50. The van der Waals surface area contributed by atoms with Crippen molar-refractivity contribution in [3.63, 3.8) is 0 Å². The maximum atomic E-state index is 6.37. The minimum Gasteiger partial charge on any atom is -0.456 e. The molecule has 0 radical (unpaired) electrons. The maximum Gasteiger partial charge on any atom is 0.168 e. The number of hydrogen-bond acceptors (Lipinski definition) is 3. The van der Waals surface area contributed by atoms with Crippen molar-refractivity contribution in [2.45, 2.75) is 0 Å². The van der Waals surface area contributed by atoms with E-state index < -0.39 is 0 Å². The number of para-hydroxylation sites is 4. The van der Waals surface area contributed by atoms with Crippen LogP contribution in [-0.2, 0) is 0 Å². The third-order valence-electron chi connectivity index (χ3n) is 12.4. The molecule has 0 N–H and O–H groups in total. The smallest absolute Gasteiger partial charge is 0.168 e. The van der Waals surface area contributed by atoms with Gasteiger partial charge in [-0.3, -0.25) is 4.57 Å². The summed E-state index contributed by atoms with van der Waals surface area (Å²) in [6.45, 7) is 0. The highest BCUT2D eigenvalue weighted by Crippen LogP contribution is 2.42. The Labute approximate surface area is 355 Å². The molecule has 6 nitrogen and oxygen atoms in total. The molecule has 0 fully saturated rings. The van der Waals surface area contributed by atoms with Gasteiger partial charge in [0.15, 0.2) is 11.6 Å². The Hall–Kier alpha value is -8.48. The van der Waals surface area contributed by atoms with Crippen molar-refractivity contribution in [2.75, 3.05) is 0 Å². The molecule has 0 atom stereocenters. The van der Waals surface area contributed by atoms with Crippen LogP contribution in [-0.4, -0.2) is 23.9 Å². The Bertz CT molecular complexity index is 3810. The lowest BCUT2D eigenvalue weighted by atomic mass is 10.0. The Morgan fingerprint density at radius 1 is 0.323 bits per heavy atom. The summed E-state index contributed by atoms with van der Waals surface area (Å²) in [4.78, 5) is 0. The molecule has 290 valence electrons. The van der Waals surface area contributed by atoms with Gasteiger partial charge in [-0.15, -0.1) is 10.2 Å². The molecule has 0 aliphatic heterocycles. The Balaban J connectivity index is 1.03. The fourth-order valence-electron chi connectivity index (χ4n) is 9.70. The van der Waals surface area contributed by atoms with E-state index in [2.05, 4.69) is 202 Å². The first-order valence-corrected chi connectivity index (χ1v) is 20.9. The summed E-state index contributed by atoms with van der Waals surface area (Å²) in [5.74, 6) is 1.58. The van der Waals surface area contributed by atoms with Gasteiger partial charge in [-0.2, -0.15) is 0 Å². The molecule has 0 amide bonds. The fraction of sp³-hybridized carbons (Fsp3) is 0. The van der Waals surface area contributed by atoms with Gasteiger partial charge in [0.25, 0.3) is 0 Å². The van der Waals surface area contributed by atoms with Crippen molar-refractivity contribution in [3.05, 3.63) is 212 Å². The topological polar surface area (TPSA) is 53.7 Å². The summed E-state index contributed by atoms with van der Waals surface area (Å²) < 4.78 is 13.4. The second-order valence-corrected chi connectivity index (χ2v) is 15.8. The SMILES string of the molecule is c1ccc(-c2nnc(-c3ccccc3)n2-c2cccc3c2c2ccccc2n3-c2ccccc2-c2cccc(-n3c4ccccc4c4cc5oc6ccccc6c5cc43)c2)cc1. The zero-order valence-corrected chi connectivity index (χ0v) is 33.4. The van der Waals surface area contributed by atoms with Crippen LogP contribution < -0.4 is 0 Å². The molecule has 0 unspecified atom stereocenters. The van der Waals surface area contributed by atoms with Crippen LogP contribution in [0.3, 0.4) is 0 Å². The lowest BCUT2D eigenvalue weighted by Gasteiger charge is -2.16. The zero-order chi connectivity index (χ0) is 40.7. The van der Waals surface area contributed by atoms with E-state index in [-0.39, 0.29) is 0 Å². The summed E-state index contributed by atoms with van der Waals surface area (Å²) in [6.07, 6.45) is 0. The molecule has 9 aromatic carbocycles. The first-order chi connectivity index (χ1) is 30.8. The monoisotopic (exact) mass is 793 g/mol. The highest BCUT2D eigenvalue weighted by molar-refractivity contribution is 6.17. The van der Waals surface area contributed by atoms with Crippen molar-refractivity contribution in [1.29, 1.82) is 0 Å². The lowest BCUT2D eigenvalue weighted by molar-refractivity contribution is 0.669. The molecule has 0 saturated heterocycles. The van der Waals surface area contributed by atoms with Crippen molar-refractivity contribution >= 4 is 65.6 Å². The summed E-state index contributed by atoms with van der Waals surface area (Å²) >= 11 is 0. The fourth-order valence-corrected chi connectivity index (χ4v) is 9.70. The number of furan rings is 1. The molecule has 13 rings (SSSR count). The van der Waals surface area contributed by atoms with Crippen LogP contribution in [0.4, 0.5) is 0 Å². The van der Waals surface area contributed by atoms with Crippen molar-refractivity contribution in [3.8, 4) is 51.0 Å². The molecular formula is C56H35N5O. The zero-order valence-electron chi connectivity index (χ0n) is 33.4. The predicted octanol–water partition coefficient (Wildman–Crippen LogP) is 14.4. The van der Waals surface area contributed by atoms with Gasteiger partial charge in [-0.1, -0.05) is 152 Å². The van der Waals surface area contributed by atoms with E-state index in [0.717, 1.165) is 111 Å². The number of fused-ring (bicyclic) bond motifs is 9. The summed E-state index contributed by atoms with van der Waals surface area (Å²) in [7, 11) is 0. The first-order valence-electron chi connectivity index (χ1n) is 20.9. The molecule has 6 heteroatoms. The number of rotatable bonds is 6. The minimum atomic E-state index is 0.790. The van der Waals surface area contributed by atoms with Crippen LogP contribution in [0.2, 0.25) is 0 Å². The number of aromatic nitrogens is 5. The molecule has 4 heterocycles. The molecule has 13 aromatic rings. The van der Waals surface area contributed by atoms with Crippen molar-refractivity contribution < 1.29 is 4.42 Å². The van der Waals surface area contributed by atoms with Crippen LogP contribution in [0.25, 0.3) is 117 Å². The van der Waals surface area contributed by atoms with Gasteiger partial charge in [0.05, 0.1) is 33.4 Å². The molecule has 0 aliphatic rings. The Morgan fingerprint density at radius 2 is 0.903 bits per heavy atom. The third-order valence-corrected chi connectivity index (χ3v) is 12.4. The van der Waals surface area contributed by atoms with Crippen molar-refractivity contribution in [2.24, 2.45) is 0 Å². The molecule has 0 spiro atoms. The van der Waals surface area contributed by atoms with E-state index in [1.54, 1.807) is 0 Å². The molecule has 0 saturated carbocycles. The molecular weight excluding hydrogens is 759 g/mol. The number of nitrogens with zero attached hydrogens (tertiary/aromatic N) is 5. The average molecular weight is 794 g/mol. The second-order valence-electron chi connectivity index (χ2n) is 15.8. The van der Waals surface area contributed by atoms with E-state index in [0.29, 0.717) is 0 Å². The summed E-state index contributed by atoms with van der Waals surface area (Å²) in [5, 5.41) is 16.5. The first kappa shape index (κ1) is 34.4. The van der Waals surface area contributed by atoms with Gasteiger partial charge in [-0.05, 0) is 66.2 Å². The standard InChI is InChI=1S/C56H35N5O/c1-3-17-36(18-4-1)55-57-58-56(37-19-5-2-6-20-37)61(55)50-31-16-30-49-54(50)43-26-9-13-29-48(43)60(49)46-27-11-7-23-40(46)38-21-15-22-39(33-38)59-47-28-12-8-24-41(47)44-35-53-45(34-51(44)59)42-25-10-14-32-52(42)62-53/h1-35H. The molecule has 4 aromatic heterocycles. The summed E-state index contributed by atoms with van der Waals surface area (Å²) in [5.41, 5.74) is 13.8. The third kappa shape index (κ3) is 5.10. The van der Waals surface area contributed by atoms with Crippen molar-refractivity contribution in [1.82, 2.24) is 23.9 Å². The van der Waals surface area contributed by atoms with E-state index in [9.17, 15) is 0 Å². The molecule has 0 bridgehead atoms. The predicted molar refractivity (Wildman–Crippen MR) is 254 cm³/mol. The van der Waals surface area contributed by atoms with Gasteiger partial charge in [-0.25, -0.2) is 0 Å². The lowest BCUT2D eigenvalue weighted by Crippen LogP contribution is -2.02. The van der Waals surface area contributed by atoms with Crippen LogP contribution >= 0.6 is 0 Å². The van der Waals surface area contributed by atoms with Gasteiger partial charge < -0.3 is 13.6 Å². The normalized spacial score (nSPS) is 11.9. The van der Waals surface area contributed by atoms with Gasteiger partial charge >= 0.3 is 0 Å². The highest BCUT2D eigenvalue weighted by Gasteiger charge is 2.24. The van der Waals surface area contributed by atoms with Gasteiger partial charge in [0.2, 0.25) is 0 Å². The van der Waals surface area contributed by atoms with E-state index >= 15 is 0 Å². The van der Waals surface area contributed by atoms with Crippen LogP contribution in [0.5, 0.6) is 0 Å². The summed E-state index contributed by atoms with van der Waals surface area (Å²) in [6, 6.07) is 75.2. The van der Waals surface area contributed by atoms with Gasteiger partial charge in [0.1, 0.15) is 11.2 Å². The Morgan fingerprint density at radius 3 is 1.68 bits per heavy atom. The average Bonchev–Trinajstić information content (AvgIpc) is 4.11. The second kappa shape index (κ2) is 13.5. The van der Waals surface area contributed by atoms with E-state index in [1.807, 2.05) is 24.3 Å². The number of benzene rings is 9.